The molecule has 1 saturated heterocycles. The number of nitrogens with one attached hydrogen (secondary N) is 1. The molecule has 0 aliphatic carbocycles. The lowest BCUT2D eigenvalue weighted by Crippen LogP contribution is -2.28. The molecule has 1 fully saturated rings. The maximum absolute atomic E-state index is 12.7. The van der Waals surface area contributed by atoms with E-state index in [2.05, 4.69) is 5.32 Å². The van der Waals surface area contributed by atoms with Crippen LogP contribution in [0.15, 0.2) is 57.7 Å². The van der Waals surface area contributed by atoms with Gasteiger partial charge in [-0.2, -0.15) is 0 Å². The Kier molecular flexibility index (Phi) is 4.98. The summed E-state index contributed by atoms with van der Waals surface area (Å²) in [5.74, 6) is -0.375. The second kappa shape index (κ2) is 7.60. The standard InChI is InChI=1S/C21H17ClN2O5/c1-28-18-6-4-15(10-16(18)22)24-11-13(9-19(24)25)21(27)23-14-3-5-17-12(8-14)2-7-20(26)29-17/h2-8,10,13H,9,11H2,1H3,(H,23,27). The third-order valence-corrected chi connectivity index (χ3v) is 5.13. The maximum atomic E-state index is 12.7. The summed E-state index contributed by atoms with van der Waals surface area (Å²) >= 11 is 6.15. The highest BCUT2D eigenvalue weighted by Gasteiger charge is 2.35. The van der Waals surface area contributed by atoms with Crippen LogP contribution in [-0.2, 0) is 9.59 Å². The van der Waals surface area contributed by atoms with Crippen LogP contribution in [0.2, 0.25) is 5.02 Å². The molecule has 8 heteroatoms. The molecule has 1 N–H and O–H groups in total. The second-order valence-electron chi connectivity index (χ2n) is 6.72. The summed E-state index contributed by atoms with van der Waals surface area (Å²) < 4.78 is 10.2. The number of amides is 2. The third kappa shape index (κ3) is 3.82. The van der Waals surface area contributed by atoms with Gasteiger partial charge in [0.25, 0.3) is 0 Å². The first kappa shape index (κ1) is 19.0. The van der Waals surface area contributed by atoms with Gasteiger partial charge in [0.15, 0.2) is 0 Å². The number of fused-ring (bicyclic) bond motifs is 1. The van der Waals surface area contributed by atoms with Crippen molar-refractivity contribution in [2.75, 3.05) is 23.9 Å². The minimum atomic E-state index is -0.493. The number of halogens is 1. The number of nitrogens with zero attached hydrogens (tertiary/aromatic N) is 1. The van der Waals surface area contributed by atoms with E-state index in [4.69, 9.17) is 20.8 Å². The fraction of sp³-hybridized carbons (Fsp3) is 0.190. The number of hydrogen-bond acceptors (Lipinski definition) is 5. The molecule has 148 valence electrons. The summed E-state index contributed by atoms with van der Waals surface area (Å²) in [6.45, 7) is 0.260. The Hall–Kier alpha value is -3.32. The van der Waals surface area contributed by atoms with E-state index >= 15 is 0 Å². The number of ether oxygens (including phenoxy) is 1. The average Bonchev–Trinajstić information content (AvgIpc) is 3.10. The van der Waals surface area contributed by atoms with Crippen LogP contribution in [0.1, 0.15) is 6.42 Å². The molecule has 1 atom stereocenters. The van der Waals surface area contributed by atoms with Gasteiger partial charge in [-0.25, -0.2) is 4.79 Å². The van der Waals surface area contributed by atoms with Gasteiger partial charge in [0, 0.05) is 35.8 Å². The highest BCUT2D eigenvalue weighted by molar-refractivity contribution is 6.32. The number of carbonyl (C=O) groups is 2. The molecule has 1 unspecified atom stereocenters. The van der Waals surface area contributed by atoms with Crippen LogP contribution >= 0.6 is 11.6 Å². The van der Waals surface area contributed by atoms with Crippen molar-refractivity contribution in [1.29, 1.82) is 0 Å². The molecule has 0 spiro atoms. The molecule has 2 amide bonds. The number of rotatable bonds is 4. The number of hydrogen-bond donors (Lipinski definition) is 1. The van der Waals surface area contributed by atoms with Gasteiger partial charge < -0.3 is 19.4 Å². The molecule has 1 aromatic heterocycles. The molecular formula is C21H17ClN2O5. The maximum Gasteiger partial charge on any atom is 0.336 e. The number of benzene rings is 2. The first-order valence-corrected chi connectivity index (χ1v) is 9.31. The largest absolute Gasteiger partial charge is 0.495 e. The predicted octanol–water partition coefficient (Wildman–Crippen LogP) is 3.45. The Balaban J connectivity index is 1.48. The van der Waals surface area contributed by atoms with Gasteiger partial charge in [0.05, 0.1) is 18.1 Å². The molecular weight excluding hydrogens is 396 g/mol. The Morgan fingerprint density at radius 2 is 2.00 bits per heavy atom. The van der Waals surface area contributed by atoms with Crippen molar-refractivity contribution in [2.24, 2.45) is 5.92 Å². The van der Waals surface area contributed by atoms with Crippen LogP contribution in [-0.4, -0.2) is 25.5 Å². The van der Waals surface area contributed by atoms with E-state index in [1.54, 1.807) is 47.4 Å². The molecule has 0 radical (unpaired) electrons. The van der Waals surface area contributed by atoms with E-state index in [1.165, 1.54) is 13.2 Å². The quantitative estimate of drug-likeness (QED) is 0.663. The highest BCUT2D eigenvalue weighted by Crippen LogP contribution is 2.32. The Labute approximate surface area is 170 Å². The molecule has 3 aromatic rings. The molecule has 7 nitrogen and oxygen atoms in total. The normalized spacial score (nSPS) is 16.3. The molecule has 1 aliphatic rings. The van der Waals surface area contributed by atoms with Crippen molar-refractivity contribution in [3.05, 3.63) is 64.0 Å². The molecule has 29 heavy (non-hydrogen) atoms. The van der Waals surface area contributed by atoms with E-state index in [0.717, 1.165) is 0 Å². The van der Waals surface area contributed by atoms with Gasteiger partial charge in [-0.05, 0) is 42.5 Å². The molecule has 0 bridgehead atoms. The topological polar surface area (TPSA) is 88.8 Å². The summed E-state index contributed by atoms with van der Waals surface area (Å²) in [6.07, 6.45) is 0.109. The zero-order valence-electron chi connectivity index (χ0n) is 15.5. The van der Waals surface area contributed by atoms with Crippen molar-refractivity contribution >= 4 is 45.8 Å². The molecule has 4 rings (SSSR count). The summed E-state index contributed by atoms with van der Waals surface area (Å²) in [5.41, 5.74) is 1.19. The number of carbonyl (C=O) groups excluding carboxylic acids is 2. The van der Waals surface area contributed by atoms with Gasteiger partial charge in [0.1, 0.15) is 11.3 Å². The minimum absolute atomic E-state index is 0.109. The zero-order chi connectivity index (χ0) is 20.5. The van der Waals surface area contributed by atoms with E-state index in [0.29, 0.717) is 33.1 Å². The molecule has 1 aliphatic heterocycles. The minimum Gasteiger partial charge on any atom is -0.495 e. The summed E-state index contributed by atoms with van der Waals surface area (Å²) in [7, 11) is 1.52. The van der Waals surface area contributed by atoms with Gasteiger partial charge in [-0.15, -0.1) is 0 Å². The summed E-state index contributed by atoms with van der Waals surface area (Å²) in [5, 5.41) is 3.92. The SMILES string of the molecule is COc1ccc(N2CC(C(=O)Nc3ccc4oc(=O)ccc4c3)CC2=O)cc1Cl. The van der Waals surface area contributed by atoms with Crippen LogP contribution in [0.5, 0.6) is 5.75 Å². The second-order valence-corrected chi connectivity index (χ2v) is 7.13. The van der Waals surface area contributed by atoms with Crippen LogP contribution in [0.25, 0.3) is 11.0 Å². The summed E-state index contributed by atoms with van der Waals surface area (Å²) in [6, 6.07) is 13.0. The summed E-state index contributed by atoms with van der Waals surface area (Å²) in [4.78, 5) is 37.9. The number of anilines is 2. The van der Waals surface area contributed by atoms with Crippen LogP contribution in [0, 0.1) is 5.92 Å². The Morgan fingerprint density at radius 1 is 1.17 bits per heavy atom. The lowest BCUT2D eigenvalue weighted by molar-refractivity contribution is -0.122. The van der Waals surface area contributed by atoms with Crippen LogP contribution in [0.4, 0.5) is 11.4 Å². The first-order chi connectivity index (χ1) is 13.9. The van der Waals surface area contributed by atoms with Crippen molar-refractivity contribution < 1.29 is 18.7 Å². The first-order valence-electron chi connectivity index (χ1n) is 8.93. The van der Waals surface area contributed by atoms with Gasteiger partial charge >= 0.3 is 5.63 Å². The third-order valence-electron chi connectivity index (χ3n) is 4.83. The average molecular weight is 413 g/mol. The molecule has 2 heterocycles. The van der Waals surface area contributed by atoms with Gasteiger partial charge in [-0.1, -0.05) is 11.6 Å². The van der Waals surface area contributed by atoms with Gasteiger partial charge in [0.2, 0.25) is 11.8 Å². The molecule has 2 aromatic carbocycles. The highest BCUT2D eigenvalue weighted by atomic mass is 35.5. The monoisotopic (exact) mass is 412 g/mol. The van der Waals surface area contributed by atoms with Crippen LogP contribution < -0.4 is 20.6 Å². The van der Waals surface area contributed by atoms with Crippen LogP contribution in [0.3, 0.4) is 0 Å². The van der Waals surface area contributed by atoms with Crippen molar-refractivity contribution in [2.45, 2.75) is 6.42 Å². The van der Waals surface area contributed by atoms with E-state index in [-0.39, 0.29) is 24.8 Å². The van der Waals surface area contributed by atoms with E-state index in [1.807, 2.05) is 0 Å². The lowest BCUT2D eigenvalue weighted by atomic mass is 10.1. The van der Waals surface area contributed by atoms with E-state index in [9.17, 15) is 14.4 Å². The van der Waals surface area contributed by atoms with Crippen molar-refractivity contribution in [1.82, 2.24) is 0 Å². The van der Waals surface area contributed by atoms with Crippen molar-refractivity contribution in [3.8, 4) is 5.75 Å². The fourth-order valence-corrected chi connectivity index (χ4v) is 3.60. The Bertz CT molecular complexity index is 1170. The van der Waals surface area contributed by atoms with Gasteiger partial charge in [-0.3, -0.25) is 9.59 Å². The lowest BCUT2D eigenvalue weighted by Gasteiger charge is -2.18. The van der Waals surface area contributed by atoms with Crippen molar-refractivity contribution in [3.63, 3.8) is 0 Å². The Morgan fingerprint density at radius 3 is 2.76 bits per heavy atom. The molecule has 0 saturated carbocycles. The fourth-order valence-electron chi connectivity index (χ4n) is 3.35. The zero-order valence-corrected chi connectivity index (χ0v) is 16.2. The van der Waals surface area contributed by atoms with E-state index < -0.39 is 11.5 Å². The number of methoxy groups -OCH3 is 1. The predicted molar refractivity (Wildman–Crippen MR) is 110 cm³/mol. The smallest absolute Gasteiger partial charge is 0.336 e.